The lowest BCUT2D eigenvalue weighted by molar-refractivity contribution is -0.142. The smallest absolute Gasteiger partial charge is 0.322 e. The van der Waals surface area contributed by atoms with Gasteiger partial charge in [0.2, 0.25) is 0 Å². The molecule has 112 valence electrons. The molecule has 0 bridgehead atoms. The largest absolute Gasteiger partial charge is 0.468 e. The highest BCUT2D eigenvalue weighted by atomic mass is 16.5. The summed E-state index contributed by atoms with van der Waals surface area (Å²) in [6.07, 6.45) is 8.87. The minimum absolute atomic E-state index is 0.186. The van der Waals surface area contributed by atoms with Gasteiger partial charge in [-0.25, -0.2) is 0 Å². The van der Waals surface area contributed by atoms with Crippen LogP contribution in [0.1, 0.15) is 51.9 Å². The van der Waals surface area contributed by atoms with E-state index in [1.165, 1.54) is 39.2 Å². The summed E-state index contributed by atoms with van der Waals surface area (Å²) in [4.78, 5) is 11.3. The van der Waals surface area contributed by atoms with Crippen LogP contribution in [0.2, 0.25) is 0 Å². The predicted octanol–water partition coefficient (Wildman–Crippen LogP) is 2.51. The molecule has 1 N–H and O–H groups in total. The first-order valence-electron chi connectivity index (χ1n) is 7.44. The van der Waals surface area contributed by atoms with E-state index < -0.39 is 0 Å². The second-order valence-electron chi connectivity index (χ2n) is 5.75. The standard InChI is InChI=1S/C15H29NO3/c1-13(14(17)19-3)16-11-9-15(10-12-18-2)7-5-4-6-8-15/h13,16H,4-12H2,1-3H3. The highest BCUT2D eigenvalue weighted by Crippen LogP contribution is 2.41. The van der Waals surface area contributed by atoms with Crippen LogP contribution in [0.5, 0.6) is 0 Å². The molecule has 1 aliphatic carbocycles. The van der Waals surface area contributed by atoms with E-state index in [0.29, 0.717) is 5.41 Å². The Morgan fingerprint density at radius 2 is 1.89 bits per heavy atom. The Morgan fingerprint density at radius 3 is 2.47 bits per heavy atom. The first-order chi connectivity index (χ1) is 9.13. The number of carbonyl (C=O) groups excluding carboxylic acids is 1. The van der Waals surface area contributed by atoms with Crippen molar-refractivity contribution < 1.29 is 14.3 Å². The second-order valence-corrected chi connectivity index (χ2v) is 5.75. The van der Waals surface area contributed by atoms with Crippen molar-refractivity contribution in [2.24, 2.45) is 5.41 Å². The molecule has 1 atom stereocenters. The van der Waals surface area contributed by atoms with E-state index in [9.17, 15) is 4.79 Å². The van der Waals surface area contributed by atoms with Crippen LogP contribution in [0.3, 0.4) is 0 Å². The van der Waals surface area contributed by atoms with Gasteiger partial charge in [0.05, 0.1) is 7.11 Å². The molecule has 0 amide bonds. The van der Waals surface area contributed by atoms with Crippen molar-refractivity contribution in [3.8, 4) is 0 Å². The average molecular weight is 271 g/mol. The van der Waals surface area contributed by atoms with Crippen LogP contribution < -0.4 is 5.32 Å². The number of hydrogen-bond acceptors (Lipinski definition) is 4. The van der Waals surface area contributed by atoms with Crippen LogP contribution in [0.25, 0.3) is 0 Å². The van der Waals surface area contributed by atoms with Gasteiger partial charge in [-0.15, -0.1) is 0 Å². The minimum atomic E-state index is -0.215. The first-order valence-corrected chi connectivity index (χ1v) is 7.44. The van der Waals surface area contributed by atoms with Gasteiger partial charge in [0.1, 0.15) is 6.04 Å². The Morgan fingerprint density at radius 1 is 1.21 bits per heavy atom. The van der Waals surface area contributed by atoms with Crippen LogP contribution in [-0.2, 0) is 14.3 Å². The first kappa shape index (κ1) is 16.4. The zero-order chi connectivity index (χ0) is 14.1. The van der Waals surface area contributed by atoms with Crippen LogP contribution in [0.15, 0.2) is 0 Å². The summed E-state index contributed by atoms with van der Waals surface area (Å²) in [5, 5.41) is 3.27. The van der Waals surface area contributed by atoms with Crippen molar-refractivity contribution in [2.75, 3.05) is 27.4 Å². The summed E-state index contributed by atoms with van der Waals surface area (Å²) in [5.41, 5.74) is 0.414. The topological polar surface area (TPSA) is 47.6 Å². The third kappa shape index (κ3) is 5.49. The lowest BCUT2D eigenvalue weighted by atomic mass is 9.70. The quantitative estimate of drug-likeness (QED) is 0.689. The number of esters is 1. The summed E-state index contributed by atoms with van der Waals surface area (Å²) in [6, 6.07) is -0.215. The summed E-state index contributed by atoms with van der Waals surface area (Å²) < 4.78 is 9.98. The molecule has 1 aliphatic rings. The van der Waals surface area contributed by atoms with Gasteiger partial charge in [-0.05, 0) is 44.6 Å². The maximum Gasteiger partial charge on any atom is 0.322 e. The summed E-state index contributed by atoms with van der Waals surface area (Å²) in [5.74, 6) is -0.186. The fraction of sp³-hybridized carbons (Fsp3) is 0.933. The van der Waals surface area contributed by atoms with E-state index in [2.05, 4.69) is 5.32 Å². The van der Waals surface area contributed by atoms with E-state index in [-0.39, 0.29) is 12.0 Å². The molecule has 1 fully saturated rings. The van der Waals surface area contributed by atoms with Gasteiger partial charge in [-0.2, -0.15) is 0 Å². The highest BCUT2D eigenvalue weighted by Gasteiger charge is 2.31. The van der Waals surface area contributed by atoms with Gasteiger partial charge in [0.25, 0.3) is 0 Å². The van der Waals surface area contributed by atoms with Crippen molar-refractivity contribution in [3.63, 3.8) is 0 Å². The molecule has 1 saturated carbocycles. The monoisotopic (exact) mass is 271 g/mol. The molecule has 1 rings (SSSR count). The van der Waals surface area contributed by atoms with Crippen molar-refractivity contribution in [2.45, 2.75) is 57.9 Å². The predicted molar refractivity (Wildman–Crippen MR) is 76.1 cm³/mol. The molecule has 0 radical (unpaired) electrons. The molecule has 0 aromatic rings. The number of hydrogen-bond donors (Lipinski definition) is 1. The van der Waals surface area contributed by atoms with E-state index >= 15 is 0 Å². The zero-order valence-corrected chi connectivity index (χ0v) is 12.7. The molecule has 4 nitrogen and oxygen atoms in total. The third-order valence-electron chi connectivity index (χ3n) is 4.41. The molecular formula is C15H29NO3. The Bertz CT molecular complexity index is 262. The molecule has 0 aromatic carbocycles. The number of methoxy groups -OCH3 is 2. The molecule has 0 saturated heterocycles. The van der Waals surface area contributed by atoms with Crippen LogP contribution in [0, 0.1) is 5.41 Å². The molecule has 4 heteroatoms. The van der Waals surface area contributed by atoms with E-state index in [1.54, 1.807) is 7.11 Å². The Balaban J connectivity index is 2.38. The van der Waals surface area contributed by atoms with Crippen LogP contribution in [0.4, 0.5) is 0 Å². The van der Waals surface area contributed by atoms with Gasteiger partial charge in [-0.3, -0.25) is 4.79 Å². The van der Waals surface area contributed by atoms with Crippen LogP contribution in [-0.4, -0.2) is 39.4 Å². The molecular weight excluding hydrogens is 242 g/mol. The average Bonchev–Trinajstić information content (AvgIpc) is 2.45. The second kappa shape index (κ2) is 8.54. The molecule has 0 aromatic heterocycles. The summed E-state index contributed by atoms with van der Waals surface area (Å²) in [7, 11) is 3.20. The zero-order valence-electron chi connectivity index (χ0n) is 12.7. The van der Waals surface area contributed by atoms with E-state index in [0.717, 1.165) is 26.0 Å². The highest BCUT2D eigenvalue weighted by molar-refractivity contribution is 5.74. The summed E-state index contributed by atoms with van der Waals surface area (Å²) >= 11 is 0. The number of ether oxygens (including phenoxy) is 2. The Kier molecular flexibility index (Phi) is 7.39. The molecule has 0 heterocycles. The Hall–Kier alpha value is -0.610. The molecule has 0 spiro atoms. The van der Waals surface area contributed by atoms with Gasteiger partial charge >= 0.3 is 5.97 Å². The number of rotatable bonds is 8. The number of carbonyl (C=O) groups is 1. The van der Waals surface area contributed by atoms with Gasteiger partial charge in [0, 0.05) is 13.7 Å². The maximum atomic E-state index is 11.3. The van der Waals surface area contributed by atoms with Crippen LogP contribution >= 0.6 is 0 Å². The normalized spacial score (nSPS) is 19.9. The third-order valence-corrected chi connectivity index (χ3v) is 4.41. The van der Waals surface area contributed by atoms with Crippen molar-refractivity contribution in [1.82, 2.24) is 5.32 Å². The minimum Gasteiger partial charge on any atom is -0.468 e. The van der Waals surface area contributed by atoms with Crippen molar-refractivity contribution in [3.05, 3.63) is 0 Å². The van der Waals surface area contributed by atoms with Gasteiger partial charge < -0.3 is 14.8 Å². The number of nitrogens with one attached hydrogen (secondary N) is 1. The van der Waals surface area contributed by atoms with E-state index in [1.807, 2.05) is 6.92 Å². The molecule has 1 unspecified atom stereocenters. The molecule has 0 aliphatic heterocycles. The maximum absolute atomic E-state index is 11.3. The lowest BCUT2D eigenvalue weighted by Gasteiger charge is -2.37. The summed E-state index contributed by atoms with van der Waals surface area (Å²) in [6.45, 7) is 3.57. The molecule has 19 heavy (non-hydrogen) atoms. The SMILES string of the molecule is COCCC1(CCNC(C)C(=O)OC)CCCCC1. The van der Waals surface area contributed by atoms with Gasteiger partial charge in [-0.1, -0.05) is 19.3 Å². The Labute approximate surface area is 117 Å². The fourth-order valence-electron chi connectivity index (χ4n) is 3.06. The van der Waals surface area contributed by atoms with Crippen molar-refractivity contribution >= 4 is 5.97 Å². The van der Waals surface area contributed by atoms with E-state index in [4.69, 9.17) is 9.47 Å². The van der Waals surface area contributed by atoms with Crippen molar-refractivity contribution in [1.29, 1.82) is 0 Å². The van der Waals surface area contributed by atoms with Gasteiger partial charge in [0.15, 0.2) is 0 Å². The lowest BCUT2D eigenvalue weighted by Crippen LogP contribution is -2.38. The fourth-order valence-corrected chi connectivity index (χ4v) is 3.06.